The number of aliphatic hydroxyl groups is 1. The lowest BCUT2D eigenvalue weighted by molar-refractivity contribution is 0.0519. The van der Waals surface area contributed by atoms with E-state index in [-0.39, 0.29) is 37.4 Å². The van der Waals surface area contributed by atoms with Gasteiger partial charge in [0.15, 0.2) is 5.69 Å². The van der Waals surface area contributed by atoms with E-state index in [9.17, 15) is 18.3 Å². The number of rotatable bonds is 9. The summed E-state index contributed by atoms with van der Waals surface area (Å²) in [6.07, 6.45) is 3.73. The number of carbonyl (C=O) groups is 1. The van der Waals surface area contributed by atoms with E-state index in [1.165, 1.54) is 16.8 Å². The third kappa shape index (κ3) is 5.08. The summed E-state index contributed by atoms with van der Waals surface area (Å²) in [5.74, 6) is 0.312. The van der Waals surface area contributed by atoms with Crippen molar-refractivity contribution in [1.29, 1.82) is 0 Å². The molecule has 3 rings (SSSR count). The summed E-state index contributed by atoms with van der Waals surface area (Å²) >= 11 is 0. The molecule has 0 spiro atoms. The first kappa shape index (κ1) is 23.2. The van der Waals surface area contributed by atoms with E-state index >= 15 is 0 Å². The topological polar surface area (TPSA) is 119 Å². The van der Waals surface area contributed by atoms with E-state index in [0.717, 1.165) is 5.56 Å². The number of esters is 1. The lowest BCUT2D eigenvalue weighted by Gasteiger charge is -2.29. The van der Waals surface area contributed by atoms with Gasteiger partial charge >= 0.3 is 5.97 Å². The molecule has 0 radical (unpaired) electrons. The summed E-state index contributed by atoms with van der Waals surface area (Å²) in [4.78, 5) is 16.1. The Hall–Kier alpha value is -2.43. The van der Waals surface area contributed by atoms with Gasteiger partial charge in [-0.2, -0.15) is 4.31 Å². The molecule has 1 aliphatic carbocycles. The van der Waals surface area contributed by atoms with Crippen LogP contribution in [0.4, 0.5) is 0 Å². The smallest absolute Gasteiger partial charge is 0.360 e. The normalized spacial score (nSPS) is 21.4. The molecule has 1 saturated carbocycles. The van der Waals surface area contributed by atoms with Gasteiger partial charge in [0.05, 0.1) is 32.0 Å². The van der Waals surface area contributed by atoms with E-state index < -0.39 is 21.4 Å². The van der Waals surface area contributed by atoms with Crippen LogP contribution in [0.2, 0.25) is 0 Å². The molecule has 0 saturated heterocycles. The van der Waals surface area contributed by atoms with Crippen molar-refractivity contribution in [1.82, 2.24) is 9.29 Å². The third-order valence-corrected chi connectivity index (χ3v) is 6.94. The first-order chi connectivity index (χ1) is 14.7. The summed E-state index contributed by atoms with van der Waals surface area (Å²) < 4.78 is 42.2. The maximum absolute atomic E-state index is 12.6. The highest BCUT2D eigenvalue weighted by Crippen LogP contribution is 2.43. The molecule has 1 fully saturated rings. The van der Waals surface area contributed by atoms with Gasteiger partial charge in [-0.25, -0.2) is 18.2 Å². The summed E-state index contributed by atoms with van der Waals surface area (Å²) in [6.45, 7) is 1.84. The molecule has 9 nitrogen and oxygen atoms in total. The monoisotopic (exact) mass is 452 g/mol. The predicted octanol–water partition coefficient (Wildman–Crippen LogP) is 2.10. The number of nitrogens with zero attached hydrogens (tertiary/aromatic N) is 2. The number of benzene rings is 1. The van der Waals surface area contributed by atoms with Crippen molar-refractivity contribution in [3.8, 4) is 5.75 Å². The second-order valence-corrected chi connectivity index (χ2v) is 9.68. The second kappa shape index (κ2) is 9.37. The van der Waals surface area contributed by atoms with Crippen molar-refractivity contribution in [2.45, 2.75) is 44.2 Å². The highest BCUT2D eigenvalue weighted by Gasteiger charge is 2.47. The van der Waals surface area contributed by atoms with Crippen molar-refractivity contribution in [2.24, 2.45) is 0 Å². The Morgan fingerprint density at radius 1 is 1.35 bits per heavy atom. The minimum Gasteiger partial charge on any atom is -0.497 e. The molecule has 1 N–H and O–H groups in total. The predicted molar refractivity (Wildman–Crippen MR) is 112 cm³/mol. The molecule has 0 aliphatic heterocycles. The number of sulfonamides is 1. The molecule has 0 amide bonds. The van der Waals surface area contributed by atoms with Crippen molar-refractivity contribution in [3.63, 3.8) is 0 Å². The number of hydrogen-bond acceptors (Lipinski definition) is 8. The van der Waals surface area contributed by atoms with Crippen LogP contribution in [0.5, 0.6) is 5.75 Å². The molecule has 10 heteroatoms. The fourth-order valence-electron chi connectivity index (χ4n) is 3.99. The van der Waals surface area contributed by atoms with Gasteiger partial charge in [0.2, 0.25) is 15.9 Å². The highest BCUT2D eigenvalue weighted by atomic mass is 32.2. The average Bonchev–Trinajstić information content (AvgIpc) is 3.40. The van der Waals surface area contributed by atoms with Gasteiger partial charge in [-0.1, -0.05) is 12.1 Å². The minimum atomic E-state index is -3.52. The Morgan fingerprint density at radius 2 is 2.06 bits per heavy atom. The molecule has 2 aromatic rings. The van der Waals surface area contributed by atoms with E-state index in [4.69, 9.17) is 13.9 Å². The van der Waals surface area contributed by atoms with E-state index in [1.54, 1.807) is 26.2 Å². The van der Waals surface area contributed by atoms with Gasteiger partial charge in [0, 0.05) is 12.6 Å². The Morgan fingerprint density at radius 3 is 2.65 bits per heavy atom. The van der Waals surface area contributed by atoms with E-state index in [0.29, 0.717) is 25.0 Å². The van der Waals surface area contributed by atoms with Crippen LogP contribution in [0, 0.1) is 0 Å². The van der Waals surface area contributed by atoms with Gasteiger partial charge in [-0.05, 0) is 43.9 Å². The van der Waals surface area contributed by atoms with Gasteiger partial charge < -0.3 is 19.0 Å². The van der Waals surface area contributed by atoms with Crippen molar-refractivity contribution >= 4 is 16.0 Å². The van der Waals surface area contributed by atoms with Gasteiger partial charge in [0.25, 0.3) is 0 Å². The van der Waals surface area contributed by atoms with Crippen LogP contribution in [0.15, 0.2) is 34.9 Å². The molecule has 1 heterocycles. The van der Waals surface area contributed by atoms with Crippen LogP contribution in [-0.2, 0) is 26.7 Å². The molecule has 2 atom stereocenters. The zero-order valence-electron chi connectivity index (χ0n) is 17.9. The summed E-state index contributed by atoms with van der Waals surface area (Å²) in [5.41, 5.74) is -0.00194. The molecule has 0 bridgehead atoms. The summed E-state index contributed by atoms with van der Waals surface area (Å²) in [7, 11) is -1.95. The first-order valence-electron chi connectivity index (χ1n) is 10.1. The standard InChI is InChI=1S/C21H28N2O7S/c1-4-29-19(25)18-13-30-20(22-18)21(14-24)10-9-16(11-21)23(31(3,26)27)12-15-5-7-17(28-2)8-6-15/h5-8,13,16,24H,4,9-12,14H2,1-3H3/t16-,21-/m0/s1. The largest absolute Gasteiger partial charge is 0.497 e. The number of methoxy groups -OCH3 is 1. The number of aliphatic hydroxyl groups excluding tert-OH is 1. The maximum Gasteiger partial charge on any atom is 0.360 e. The molecule has 1 aromatic carbocycles. The average molecular weight is 453 g/mol. The number of ether oxygens (including phenoxy) is 2. The minimum absolute atomic E-state index is 0.0336. The molecule has 31 heavy (non-hydrogen) atoms. The van der Waals surface area contributed by atoms with Crippen molar-refractivity contribution in [3.05, 3.63) is 47.7 Å². The summed E-state index contributed by atoms with van der Waals surface area (Å²) in [5, 5.41) is 10.2. The van der Waals surface area contributed by atoms with Gasteiger partial charge in [0.1, 0.15) is 12.0 Å². The van der Waals surface area contributed by atoms with Crippen LogP contribution in [-0.4, -0.2) is 61.4 Å². The van der Waals surface area contributed by atoms with E-state index in [2.05, 4.69) is 4.98 Å². The lowest BCUT2D eigenvalue weighted by atomic mass is 9.87. The number of carbonyl (C=O) groups excluding carboxylic acids is 1. The Bertz CT molecular complexity index is 1000. The van der Waals surface area contributed by atoms with Crippen molar-refractivity contribution < 1.29 is 32.2 Å². The zero-order chi connectivity index (χ0) is 22.6. The zero-order valence-corrected chi connectivity index (χ0v) is 18.7. The van der Waals surface area contributed by atoms with Crippen molar-refractivity contribution in [2.75, 3.05) is 26.6 Å². The van der Waals surface area contributed by atoms with Gasteiger partial charge in [-0.15, -0.1) is 0 Å². The SMILES string of the molecule is CCOC(=O)c1coc([C@@]2(CO)CC[C@H](N(Cc3ccc(OC)cc3)S(C)(=O)=O)C2)n1. The molecule has 1 aromatic heterocycles. The third-order valence-electron chi connectivity index (χ3n) is 5.66. The molecular formula is C21H28N2O7S. The molecule has 0 unspecified atom stereocenters. The van der Waals surface area contributed by atoms with E-state index in [1.807, 2.05) is 12.1 Å². The van der Waals surface area contributed by atoms with Crippen LogP contribution in [0.3, 0.4) is 0 Å². The highest BCUT2D eigenvalue weighted by molar-refractivity contribution is 7.88. The fourth-order valence-corrected chi connectivity index (χ4v) is 5.10. The Balaban J connectivity index is 1.82. The van der Waals surface area contributed by atoms with Crippen LogP contribution in [0.25, 0.3) is 0 Å². The maximum atomic E-state index is 12.6. The lowest BCUT2D eigenvalue weighted by Crippen LogP contribution is -2.39. The number of hydrogen-bond donors (Lipinski definition) is 1. The molecule has 170 valence electrons. The Kier molecular flexibility index (Phi) is 7.03. The first-order valence-corrected chi connectivity index (χ1v) is 11.9. The van der Waals surface area contributed by atoms with Crippen LogP contribution >= 0.6 is 0 Å². The number of oxazole rings is 1. The van der Waals surface area contributed by atoms with Crippen LogP contribution in [0.1, 0.15) is 48.1 Å². The van der Waals surface area contributed by atoms with Crippen LogP contribution < -0.4 is 4.74 Å². The second-order valence-electron chi connectivity index (χ2n) is 7.75. The summed E-state index contributed by atoms with van der Waals surface area (Å²) in [6, 6.07) is 6.87. The molecular weight excluding hydrogens is 424 g/mol. The van der Waals surface area contributed by atoms with Gasteiger partial charge in [-0.3, -0.25) is 0 Å². The molecule has 1 aliphatic rings. The number of aromatic nitrogens is 1. The fraction of sp³-hybridized carbons (Fsp3) is 0.524. The Labute approximate surface area is 182 Å². The quantitative estimate of drug-likeness (QED) is 0.575.